The van der Waals surface area contributed by atoms with E-state index < -0.39 is 23.0 Å². The third kappa shape index (κ3) is 2.38. The fraction of sp³-hybridized carbons (Fsp3) is 0.312. The number of nitrogens with one attached hydrogen (secondary N) is 2. The molecule has 6 heteroatoms. The van der Waals surface area contributed by atoms with Gasteiger partial charge >= 0.3 is 0 Å². The zero-order chi connectivity index (χ0) is 16.1. The Morgan fingerprint density at radius 1 is 1.14 bits per heavy atom. The van der Waals surface area contributed by atoms with Gasteiger partial charge < -0.3 is 10.3 Å². The van der Waals surface area contributed by atoms with Crippen LogP contribution in [0.25, 0.3) is 0 Å². The second-order valence-electron chi connectivity index (χ2n) is 6.17. The molecule has 22 heavy (non-hydrogen) atoms. The first-order valence-corrected chi connectivity index (χ1v) is 6.92. The van der Waals surface area contributed by atoms with E-state index in [4.69, 9.17) is 0 Å². The summed E-state index contributed by atoms with van der Waals surface area (Å²) >= 11 is 0. The predicted molar refractivity (Wildman–Crippen MR) is 77.7 cm³/mol. The maximum absolute atomic E-state index is 13.7. The van der Waals surface area contributed by atoms with Crippen molar-refractivity contribution in [1.82, 2.24) is 4.98 Å². The largest absolute Gasteiger partial charge is 0.383 e. The molecule has 0 spiro atoms. The van der Waals surface area contributed by atoms with Gasteiger partial charge in [-0.15, -0.1) is 0 Å². The number of aromatic amines is 1. The molecule has 1 aliphatic rings. The van der Waals surface area contributed by atoms with Crippen molar-refractivity contribution in [3.63, 3.8) is 0 Å². The number of halogens is 3. The Bertz CT molecular complexity index is 789. The summed E-state index contributed by atoms with van der Waals surface area (Å²) in [7, 11) is 0. The van der Waals surface area contributed by atoms with E-state index in [1.807, 2.05) is 13.8 Å². The van der Waals surface area contributed by atoms with Gasteiger partial charge in [0.25, 0.3) is 5.56 Å². The van der Waals surface area contributed by atoms with Gasteiger partial charge in [-0.2, -0.15) is 0 Å². The minimum atomic E-state index is -0.995. The van der Waals surface area contributed by atoms with Crippen LogP contribution >= 0.6 is 0 Å². The first-order valence-electron chi connectivity index (χ1n) is 6.92. The molecule has 1 aromatic carbocycles. The maximum Gasteiger partial charge on any atom is 0.251 e. The topological polar surface area (TPSA) is 44.9 Å². The molecule has 0 unspecified atom stereocenters. The number of rotatable bonds is 2. The molecular weight excluding hydrogens is 293 g/mol. The molecule has 0 radical (unpaired) electrons. The SMILES string of the molecule is CC1(C)CNc2cc(Cc3c(F)cc(F)cc3F)c(=O)[nH]c21. The number of hydrogen-bond donors (Lipinski definition) is 2. The Labute approximate surface area is 125 Å². The number of hydrogen-bond acceptors (Lipinski definition) is 2. The predicted octanol–water partition coefficient (Wildman–Crippen LogP) is 3.09. The number of H-pyrrole nitrogens is 1. The van der Waals surface area contributed by atoms with E-state index in [2.05, 4.69) is 10.3 Å². The number of pyridine rings is 1. The summed E-state index contributed by atoms with van der Waals surface area (Å²) in [6.45, 7) is 4.64. The summed E-state index contributed by atoms with van der Waals surface area (Å²) in [5.74, 6) is -2.97. The van der Waals surface area contributed by atoms with Crippen LogP contribution in [0.4, 0.5) is 18.9 Å². The third-order valence-electron chi connectivity index (χ3n) is 3.99. The second-order valence-corrected chi connectivity index (χ2v) is 6.17. The van der Waals surface area contributed by atoms with E-state index in [1.165, 1.54) is 0 Å². The minimum Gasteiger partial charge on any atom is -0.383 e. The molecule has 0 atom stereocenters. The van der Waals surface area contributed by atoms with Crippen LogP contribution in [-0.4, -0.2) is 11.5 Å². The minimum absolute atomic E-state index is 0.209. The summed E-state index contributed by atoms with van der Waals surface area (Å²) in [5, 5.41) is 3.16. The van der Waals surface area contributed by atoms with Gasteiger partial charge in [-0.1, -0.05) is 13.8 Å². The van der Waals surface area contributed by atoms with E-state index in [0.717, 1.165) is 11.4 Å². The highest BCUT2D eigenvalue weighted by atomic mass is 19.1. The Hall–Kier alpha value is -2.24. The average molecular weight is 308 g/mol. The van der Waals surface area contributed by atoms with Crippen molar-refractivity contribution in [2.75, 3.05) is 11.9 Å². The summed E-state index contributed by atoms with van der Waals surface area (Å²) in [6, 6.07) is 2.83. The van der Waals surface area contributed by atoms with E-state index in [1.54, 1.807) is 6.07 Å². The normalized spacial score (nSPS) is 15.5. The lowest BCUT2D eigenvalue weighted by Gasteiger charge is -2.16. The number of anilines is 1. The van der Waals surface area contributed by atoms with Crippen LogP contribution in [0.15, 0.2) is 23.0 Å². The van der Waals surface area contributed by atoms with Gasteiger partial charge in [-0.3, -0.25) is 4.79 Å². The van der Waals surface area contributed by atoms with E-state index in [-0.39, 0.29) is 23.0 Å². The summed E-state index contributed by atoms with van der Waals surface area (Å²) in [6.07, 6.45) is -0.233. The molecule has 2 N–H and O–H groups in total. The summed E-state index contributed by atoms with van der Waals surface area (Å²) < 4.78 is 40.4. The van der Waals surface area contributed by atoms with Crippen molar-refractivity contribution in [2.45, 2.75) is 25.7 Å². The molecule has 0 fully saturated rings. The molecule has 116 valence electrons. The average Bonchev–Trinajstić information content (AvgIpc) is 2.69. The van der Waals surface area contributed by atoms with Gasteiger partial charge in [0, 0.05) is 47.3 Å². The smallest absolute Gasteiger partial charge is 0.251 e. The fourth-order valence-electron chi connectivity index (χ4n) is 2.71. The van der Waals surface area contributed by atoms with Gasteiger partial charge in [-0.25, -0.2) is 13.2 Å². The molecule has 3 rings (SSSR count). The molecule has 0 saturated carbocycles. The van der Waals surface area contributed by atoms with Crippen molar-refractivity contribution < 1.29 is 13.2 Å². The highest BCUT2D eigenvalue weighted by Crippen LogP contribution is 2.34. The molecule has 3 nitrogen and oxygen atoms in total. The molecule has 1 aromatic heterocycles. The number of fused-ring (bicyclic) bond motifs is 1. The van der Waals surface area contributed by atoms with Gasteiger partial charge in [0.05, 0.1) is 5.69 Å². The van der Waals surface area contributed by atoms with E-state index in [0.29, 0.717) is 18.7 Å². The number of benzene rings is 1. The zero-order valence-electron chi connectivity index (χ0n) is 12.2. The van der Waals surface area contributed by atoms with Gasteiger partial charge in [0.15, 0.2) is 0 Å². The lowest BCUT2D eigenvalue weighted by molar-refractivity contribution is 0.527. The molecule has 0 amide bonds. The van der Waals surface area contributed by atoms with Crippen LogP contribution in [0.2, 0.25) is 0 Å². The molecule has 0 saturated heterocycles. The molecule has 2 heterocycles. The van der Waals surface area contributed by atoms with E-state index in [9.17, 15) is 18.0 Å². The second kappa shape index (κ2) is 4.90. The van der Waals surface area contributed by atoms with Crippen molar-refractivity contribution in [3.8, 4) is 0 Å². The summed E-state index contributed by atoms with van der Waals surface area (Å²) in [4.78, 5) is 14.9. The van der Waals surface area contributed by atoms with Crippen molar-refractivity contribution in [1.29, 1.82) is 0 Å². The van der Waals surface area contributed by atoms with Gasteiger partial charge in [-0.05, 0) is 6.07 Å². The van der Waals surface area contributed by atoms with Gasteiger partial charge in [0.1, 0.15) is 17.5 Å². The Kier molecular flexibility index (Phi) is 3.27. The molecule has 0 bridgehead atoms. The molecule has 2 aromatic rings. The molecule has 0 aliphatic carbocycles. The van der Waals surface area contributed by atoms with Crippen LogP contribution in [0.3, 0.4) is 0 Å². The lowest BCUT2D eigenvalue weighted by atomic mass is 9.91. The highest BCUT2D eigenvalue weighted by Gasteiger charge is 2.31. The quantitative estimate of drug-likeness (QED) is 0.895. The van der Waals surface area contributed by atoms with Crippen molar-refractivity contribution in [3.05, 3.63) is 62.8 Å². The van der Waals surface area contributed by atoms with E-state index >= 15 is 0 Å². The van der Waals surface area contributed by atoms with Crippen LogP contribution in [-0.2, 0) is 11.8 Å². The Morgan fingerprint density at radius 3 is 2.41 bits per heavy atom. The number of aromatic nitrogens is 1. The highest BCUT2D eigenvalue weighted by molar-refractivity contribution is 5.58. The third-order valence-corrected chi connectivity index (χ3v) is 3.99. The molecule has 1 aliphatic heterocycles. The van der Waals surface area contributed by atoms with Crippen LogP contribution in [0.5, 0.6) is 0 Å². The first kappa shape index (κ1) is 14.7. The monoisotopic (exact) mass is 308 g/mol. The fourth-order valence-corrected chi connectivity index (χ4v) is 2.71. The maximum atomic E-state index is 13.7. The van der Waals surface area contributed by atoms with Crippen molar-refractivity contribution in [2.24, 2.45) is 0 Å². The first-order chi connectivity index (χ1) is 10.3. The zero-order valence-corrected chi connectivity index (χ0v) is 12.2. The van der Waals surface area contributed by atoms with Crippen LogP contribution in [0.1, 0.15) is 30.7 Å². The summed E-state index contributed by atoms with van der Waals surface area (Å²) in [5.41, 5.74) is 0.847. The van der Waals surface area contributed by atoms with Gasteiger partial charge in [0.2, 0.25) is 0 Å². The Morgan fingerprint density at radius 2 is 1.77 bits per heavy atom. The molecular formula is C16H15F3N2O. The lowest BCUT2D eigenvalue weighted by Crippen LogP contribution is -2.23. The van der Waals surface area contributed by atoms with Crippen LogP contribution in [0, 0.1) is 17.5 Å². The standard InChI is InChI=1S/C16H15F3N2O/c1-16(2)7-20-13-4-8(15(22)21-14(13)16)3-10-11(18)5-9(17)6-12(10)19/h4-6,20H,3,7H2,1-2H3,(H,21,22). The Balaban J connectivity index is 2.04. The van der Waals surface area contributed by atoms with Crippen molar-refractivity contribution >= 4 is 5.69 Å². The van der Waals surface area contributed by atoms with Crippen LogP contribution < -0.4 is 10.9 Å².